The van der Waals surface area contributed by atoms with Crippen LogP contribution in [-0.4, -0.2) is 49.3 Å². The summed E-state index contributed by atoms with van der Waals surface area (Å²) in [5.74, 6) is -0.845. The summed E-state index contributed by atoms with van der Waals surface area (Å²) in [6.07, 6.45) is 85.5. The van der Waals surface area contributed by atoms with Crippen LogP contribution in [0.3, 0.4) is 0 Å². The number of esters is 2. The molecule has 0 aliphatic carbocycles. The fourth-order valence-electron chi connectivity index (χ4n) is 8.34. The molecule has 0 heterocycles. The molecule has 2 atom stereocenters. The highest BCUT2D eigenvalue weighted by molar-refractivity contribution is 7.47. The van der Waals surface area contributed by atoms with Gasteiger partial charge in [-0.25, -0.2) is 4.57 Å². The molecule has 0 spiro atoms. The van der Waals surface area contributed by atoms with Crippen LogP contribution in [0.1, 0.15) is 258 Å². The molecule has 9 nitrogen and oxygen atoms in total. The number of phosphoric ester groups is 1. The van der Waals surface area contributed by atoms with Crippen molar-refractivity contribution in [2.75, 3.05) is 26.4 Å². The molecule has 0 aliphatic rings. The van der Waals surface area contributed by atoms with Crippen LogP contribution in [-0.2, 0) is 32.7 Å². The van der Waals surface area contributed by atoms with Gasteiger partial charge < -0.3 is 20.1 Å². The molecule has 10 heteroatoms. The summed E-state index contributed by atoms with van der Waals surface area (Å²) in [6.45, 7) is 3.51. The van der Waals surface area contributed by atoms with E-state index in [2.05, 4.69) is 135 Å². The number of hydrogen-bond acceptors (Lipinski definition) is 8. The van der Waals surface area contributed by atoms with E-state index in [0.29, 0.717) is 6.42 Å². The van der Waals surface area contributed by atoms with Crippen molar-refractivity contribution in [3.8, 4) is 0 Å². The van der Waals surface area contributed by atoms with E-state index in [1.807, 2.05) is 0 Å². The summed E-state index contributed by atoms with van der Waals surface area (Å²) < 4.78 is 33.1. The van der Waals surface area contributed by atoms with Crippen LogP contribution >= 0.6 is 7.82 Å². The van der Waals surface area contributed by atoms with E-state index in [-0.39, 0.29) is 38.6 Å². The van der Waals surface area contributed by atoms with Gasteiger partial charge in [0.05, 0.1) is 13.2 Å². The first kappa shape index (κ1) is 73.4. The molecular weight excluding hydrogens is 978 g/mol. The lowest BCUT2D eigenvalue weighted by Crippen LogP contribution is -2.29. The molecule has 0 saturated carbocycles. The summed E-state index contributed by atoms with van der Waals surface area (Å²) in [4.78, 5) is 35.3. The molecular formula is C67H114NO8P. The molecule has 0 fully saturated rings. The first-order valence-electron chi connectivity index (χ1n) is 31.0. The summed E-state index contributed by atoms with van der Waals surface area (Å²) in [6, 6.07) is 0. The van der Waals surface area contributed by atoms with Gasteiger partial charge in [0.1, 0.15) is 6.61 Å². The Morgan fingerprint density at radius 2 is 0.675 bits per heavy atom. The van der Waals surface area contributed by atoms with Crippen molar-refractivity contribution in [1.82, 2.24) is 0 Å². The highest BCUT2D eigenvalue weighted by atomic mass is 31.2. The SMILES string of the molecule is CC/C=C\C/C=C\C/C=C\C/C=C\C/C=C\C/C=C\CCCCCCCCC(=O)OC(COC(=O)CCCCCCCCCCCCCCCCCCCC/C=C\C/C=C\C/C=C\C/C=C\CC)COP(=O)(O)OCCN. The molecule has 0 saturated heterocycles. The van der Waals surface area contributed by atoms with Crippen molar-refractivity contribution < 1.29 is 37.6 Å². The van der Waals surface area contributed by atoms with Crippen LogP contribution in [0.5, 0.6) is 0 Å². The number of hydrogen-bond donors (Lipinski definition) is 2. The quantitative estimate of drug-likeness (QED) is 0.0264. The summed E-state index contributed by atoms with van der Waals surface area (Å²) in [7, 11) is -4.40. The predicted molar refractivity (Wildman–Crippen MR) is 330 cm³/mol. The number of ether oxygens (including phenoxy) is 2. The maximum Gasteiger partial charge on any atom is 0.472 e. The van der Waals surface area contributed by atoms with Crippen LogP contribution in [0.4, 0.5) is 0 Å². The topological polar surface area (TPSA) is 134 Å². The summed E-state index contributed by atoms with van der Waals surface area (Å²) in [5, 5.41) is 0. The third-order valence-corrected chi connectivity index (χ3v) is 13.8. The van der Waals surface area contributed by atoms with Gasteiger partial charge in [-0.1, -0.05) is 264 Å². The molecule has 2 unspecified atom stereocenters. The van der Waals surface area contributed by atoms with Gasteiger partial charge in [-0.2, -0.15) is 0 Å². The van der Waals surface area contributed by atoms with E-state index in [0.717, 1.165) is 122 Å². The molecule has 0 aliphatic heterocycles. The average Bonchev–Trinajstić information content (AvgIpc) is 3.42. The van der Waals surface area contributed by atoms with E-state index in [4.69, 9.17) is 24.3 Å². The minimum Gasteiger partial charge on any atom is -0.462 e. The lowest BCUT2D eigenvalue weighted by atomic mass is 10.0. The number of unbranched alkanes of at least 4 members (excludes halogenated alkanes) is 24. The standard InChI is InChI=1S/C67H114NO8P/c1-3-5-7-9-11-13-15-17-19-21-23-25-27-29-30-31-32-33-34-36-37-39-41-43-45-47-49-51-53-55-57-59-66(69)73-63-65(64-75-77(71,72)74-62-61-68)76-67(70)60-58-56-54-52-50-48-46-44-42-40-38-35-28-26-24-22-20-18-16-14-12-10-8-6-4-2/h5-8,11-14,17-20,23-26,35,38,42,44,65H,3-4,9-10,15-16,21-22,27-34,36-37,39-41,43,45-64,68H2,1-2H3,(H,71,72)/b7-5-,8-6-,13-11-,14-12-,19-17-,20-18-,25-23-,26-24-,38-35-,44-42-. The lowest BCUT2D eigenvalue weighted by molar-refractivity contribution is -0.161. The molecule has 77 heavy (non-hydrogen) atoms. The first-order valence-corrected chi connectivity index (χ1v) is 32.5. The smallest absolute Gasteiger partial charge is 0.462 e. The molecule has 440 valence electrons. The second-order valence-electron chi connectivity index (χ2n) is 20.2. The minimum atomic E-state index is -4.40. The zero-order chi connectivity index (χ0) is 55.9. The monoisotopic (exact) mass is 1090 g/mol. The second kappa shape index (κ2) is 61.6. The Hall–Kier alpha value is -3.59. The second-order valence-corrected chi connectivity index (χ2v) is 21.6. The fraction of sp³-hybridized carbons (Fsp3) is 0.672. The Kier molecular flexibility index (Phi) is 58.7. The molecule has 0 radical (unpaired) electrons. The van der Waals surface area contributed by atoms with Gasteiger partial charge in [-0.05, 0) is 103 Å². The Labute approximate surface area is 472 Å². The molecule has 0 aromatic carbocycles. The predicted octanol–water partition coefficient (Wildman–Crippen LogP) is 20.0. The number of phosphoric acid groups is 1. The summed E-state index contributed by atoms with van der Waals surface area (Å²) >= 11 is 0. The highest BCUT2D eigenvalue weighted by Crippen LogP contribution is 2.43. The van der Waals surface area contributed by atoms with Crippen LogP contribution in [0.15, 0.2) is 122 Å². The van der Waals surface area contributed by atoms with Crippen LogP contribution < -0.4 is 5.73 Å². The highest BCUT2D eigenvalue weighted by Gasteiger charge is 2.26. The van der Waals surface area contributed by atoms with Gasteiger partial charge in [0.15, 0.2) is 6.10 Å². The van der Waals surface area contributed by atoms with Crippen molar-refractivity contribution in [1.29, 1.82) is 0 Å². The number of allylic oxidation sites excluding steroid dienone is 20. The molecule has 0 bridgehead atoms. The Morgan fingerprint density at radius 1 is 0.390 bits per heavy atom. The van der Waals surface area contributed by atoms with Gasteiger partial charge in [0.25, 0.3) is 0 Å². The lowest BCUT2D eigenvalue weighted by Gasteiger charge is -2.19. The third kappa shape index (κ3) is 61.5. The maximum absolute atomic E-state index is 12.7. The Morgan fingerprint density at radius 3 is 1.00 bits per heavy atom. The Balaban J connectivity index is 3.96. The van der Waals surface area contributed by atoms with Crippen molar-refractivity contribution >= 4 is 19.8 Å². The minimum absolute atomic E-state index is 0.0456. The van der Waals surface area contributed by atoms with Crippen LogP contribution in [0, 0.1) is 0 Å². The summed E-state index contributed by atoms with van der Waals surface area (Å²) in [5.41, 5.74) is 5.39. The molecule has 0 amide bonds. The zero-order valence-corrected chi connectivity index (χ0v) is 50.0. The van der Waals surface area contributed by atoms with Crippen LogP contribution in [0.25, 0.3) is 0 Å². The normalized spacial score (nSPS) is 13.9. The molecule has 3 N–H and O–H groups in total. The van der Waals surface area contributed by atoms with Gasteiger partial charge in [-0.3, -0.25) is 18.6 Å². The van der Waals surface area contributed by atoms with E-state index < -0.39 is 26.5 Å². The van der Waals surface area contributed by atoms with Crippen molar-refractivity contribution in [2.45, 2.75) is 264 Å². The largest absolute Gasteiger partial charge is 0.472 e. The van der Waals surface area contributed by atoms with E-state index in [9.17, 15) is 19.0 Å². The third-order valence-electron chi connectivity index (χ3n) is 12.8. The van der Waals surface area contributed by atoms with E-state index in [1.165, 1.54) is 103 Å². The zero-order valence-electron chi connectivity index (χ0n) is 49.2. The van der Waals surface area contributed by atoms with Gasteiger partial charge in [-0.15, -0.1) is 0 Å². The average molecular weight is 1090 g/mol. The van der Waals surface area contributed by atoms with Gasteiger partial charge in [0.2, 0.25) is 0 Å². The number of carbonyl (C=O) groups excluding carboxylic acids is 2. The van der Waals surface area contributed by atoms with E-state index in [1.54, 1.807) is 0 Å². The molecule has 0 aromatic rings. The first-order chi connectivity index (χ1) is 37.8. The van der Waals surface area contributed by atoms with Crippen molar-refractivity contribution in [2.24, 2.45) is 5.73 Å². The fourth-order valence-corrected chi connectivity index (χ4v) is 9.10. The number of carbonyl (C=O) groups is 2. The van der Waals surface area contributed by atoms with Crippen LogP contribution in [0.2, 0.25) is 0 Å². The van der Waals surface area contributed by atoms with E-state index >= 15 is 0 Å². The Bertz CT molecular complexity index is 1670. The van der Waals surface area contributed by atoms with Gasteiger partial charge in [0, 0.05) is 19.4 Å². The number of rotatable bonds is 57. The number of nitrogens with two attached hydrogens (primary N) is 1. The molecule has 0 rings (SSSR count). The van der Waals surface area contributed by atoms with Crippen molar-refractivity contribution in [3.63, 3.8) is 0 Å². The maximum atomic E-state index is 12.7. The van der Waals surface area contributed by atoms with Gasteiger partial charge >= 0.3 is 19.8 Å². The molecule has 0 aromatic heterocycles. The van der Waals surface area contributed by atoms with Crippen molar-refractivity contribution in [3.05, 3.63) is 122 Å².